The first-order valence-electron chi connectivity index (χ1n) is 3.15. The van der Waals surface area contributed by atoms with E-state index in [0.717, 1.165) is 5.71 Å². The summed E-state index contributed by atoms with van der Waals surface area (Å²) in [5, 5.41) is 3.06. The van der Waals surface area contributed by atoms with Crippen LogP contribution in [0.3, 0.4) is 0 Å². The van der Waals surface area contributed by atoms with Crippen LogP contribution in [0.1, 0.15) is 0 Å². The number of nitrogens with one attached hydrogen (secondary N) is 1. The highest BCUT2D eigenvalue weighted by molar-refractivity contribution is 6.05. The largest absolute Gasteiger partial charge is 0.364 e. The highest BCUT2D eigenvalue weighted by atomic mass is 15.1. The van der Waals surface area contributed by atoms with Crippen LogP contribution in [0.2, 0.25) is 0 Å². The van der Waals surface area contributed by atoms with Crippen LogP contribution in [0.15, 0.2) is 34.5 Å². The van der Waals surface area contributed by atoms with Crippen molar-refractivity contribution in [2.24, 2.45) is 9.98 Å². The van der Waals surface area contributed by atoms with E-state index in [1.807, 2.05) is 12.2 Å². The Morgan fingerprint density at radius 3 is 3.40 bits per heavy atom. The summed E-state index contributed by atoms with van der Waals surface area (Å²) in [6.45, 7) is 0. The molecule has 0 amide bonds. The maximum Gasteiger partial charge on any atom is 0.161 e. The van der Waals surface area contributed by atoms with E-state index in [9.17, 15) is 0 Å². The molecule has 1 N–H and O–H groups in total. The maximum absolute atomic E-state index is 4.15. The second-order valence-electron chi connectivity index (χ2n) is 2.10. The summed E-state index contributed by atoms with van der Waals surface area (Å²) in [4.78, 5) is 8.27. The summed E-state index contributed by atoms with van der Waals surface area (Å²) in [6, 6.07) is 0. The predicted molar refractivity (Wildman–Crippen MR) is 41.1 cm³/mol. The lowest BCUT2D eigenvalue weighted by atomic mass is 10.2. The molecule has 0 saturated heterocycles. The van der Waals surface area contributed by atoms with Crippen molar-refractivity contribution in [1.29, 1.82) is 0 Å². The fourth-order valence-corrected chi connectivity index (χ4v) is 0.944. The standard InChI is InChI=1S/C7H7N3/c1-2-6-7(9-3-1)10-5-4-8-6/h1-5,7,10H. The third kappa shape index (κ3) is 0.757. The van der Waals surface area contributed by atoms with Gasteiger partial charge in [-0.05, 0) is 12.2 Å². The molecule has 0 aromatic rings. The molecule has 2 aliphatic rings. The molecule has 2 heterocycles. The van der Waals surface area contributed by atoms with Crippen molar-refractivity contribution in [3.8, 4) is 0 Å². The van der Waals surface area contributed by atoms with Gasteiger partial charge in [0.25, 0.3) is 0 Å². The molecule has 1 unspecified atom stereocenters. The molecule has 3 heteroatoms. The number of nitrogens with zero attached hydrogens (tertiary/aromatic N) is 2. The van der Waals surface area contributed by atoms with E-state index in [0.29, 0.717) is 0 Å². The van der Waals surface area contributed by atoms with Gasteiger partial charge in [0.2, 0.25) is 0 Å². The number of hydrogen-bond acceptors (Lipinski definition) is 3. The average molecular weight is 133 g/mol. The zero-order valence-electron chi connectivity index (χ0n) is 5.36. The van der Waals surface area contributed by atoms with Crippen molar-refractivity contribution in [3.05, 3.63) is 24.6 Å². The van der Waals surface area contributed by atoms with Crippen molar-refractivity contribution in [3.63, 3.8) is 0 Å². The zero-order valence-corrected chi connectivity index (χ0v) is 5.36. The molecule has 0 aromatic heterocycles. The minimum atomic E-state index is 0.0509. The molecule has 2 aliphatic heterocycles. The predicted octanol–water partition coefficient (Wildman–Crippen LogP) is 0.468. The lowest BCUT2D eigenvalue weighted by molar-refractivity contribution is 0.764. The van der Waals surface area contributed by atoms with Crippen molar-refractivity contribution in [2.45, 2.75) is 6.17 Å². The monoisotopic (exact) mass is 133 g/mol. The summed E-state index contributed by atoms with van der Waals surface area (Å²) >= 11 is 0. The van der Waals surface area contributed by atoms with Crippen LogP contribution in [0, 0.1) is 0 Å². The molecular formula is C7H7N3. The lowest BCUT2D eigenvalue weighted by Gasteiger charge is -2.17. The second kappa shape index (κ2) is 2.10. The van der Waals surface area contributed by atoms with Crippen LogP contribution in [0.25, 0.3) is 0 Å². The Morgan fingerprint density at radius 1 is 1.50 bits per heavy atom. The maximum atomic E-state index is 4.15. The third-order valence-electron chi connectivity index (χ3n) is 1.42. The third-order valence-corrected chi connectivity index (χ3v) is 1.42. The Morgan fingerprint density at radius 2 is 2.50 bits per heavy atom. The first-order chi connectivity index (χ1) is 4.97. The van der Waals surface area contributed by atoms with Gasteiger partial charge in [-0.1, -0.05) is 0 Å². The Hall–Kier alpha value is -1.38. The second-order valence-corrected chi connectivity index (χ2v) is 2.10. The Balaban J connectivity index is 2.34. The molecule has 0 aromatic carbocycles. The topological polar surface area (TPSA) is 36.8 Å². The van der Waals surface area contributed by atoms with Crippen LogP contribution in [-0.4, -0.2) is 18.1 Å². The van der Waals surface area contributed by atoms with Crippen LogP contribution in [0.4, 0.5) is 0 Å². The summed E-state index contributed by atoms with van der Waals surface area (Å²) < 4.78 is 0. The molecule has 10 heavy (non-hydrogen) atoms. The number of fused-ring (bicyclic) bond motifs is 1. The molecule has 3 nitrogen and oxygen atoms in total. The first-order valence-corrected chi connectivity index (χ1v) is 3.15. The van der Waals surface area contributed by atoms with Gasteiger partial charge in [-0.15, -0.1) is 0 Å². The van der Waals surface area contributed by atoms with Crippen molar-refractivity contribution in [1.82, 2.24) is 5.32 Å². The normalized spacial score (nSPS) is 27.2. The van der Waals surface area contributed by atoms with Crippen LogP contribution >= 0.6 is 0 Å². The molecule has 0 bridgehead atoms. The van der Waals surface area contributed by atoms with E-state index in [2.05, 4.69) is 15.3 Å². The van der Waals surface area contributed by atoms with Crippen molar-refractivity contribution < 1.29 is 0 Å². The van der Waals surface area contributed by atoms with Gasteiger partial charge < -0.3 is 5.32 Å². The highest BCUT2D eigenvalue weighted by Gasteiger charge is 2.12. The van der Waals surface area contributed by atoms with Gasteiger partial charge >= 0.3 is 0 Å². The van der Waals surface area contributed by atoms with Crippen molar-refractivity contribution >= 4 is 11.9 Å². The summed E-state index contributed by atoms with van der Waals surface area (Å²) in [5.74, 6) is 0. The van der Waals surface area contributed by atoms with E-state index in [-0.39, 0.29) is 6.17 Å². The van der Waals surface area contributed by atoms with Gasteiger partial charge in [0.05, 0.1) is 5.71 Å². The molecule has 0 radical (unpaired) electrons. The number of aliphatic imine (C=N–C) groups is 2. The Kier molecular flexibility index (Phi) is 1.13. The van der Waals surface area contributed by atoms with Crippen LogP contribution in [0.5, 0.6) is 0 Å². The average Bonchev–Trinajstić information content (AvgIpc) is 2.05. The first kappa shape index (κ1) is 5.41. The smallest absolute Gasteiger partial charge is 0.161 e. The minimum Gasteiger partial charge on any atom is -0.364 e. The van der Waals surface area contributed by atoms with E-state index >= 15 is 0 Å². The Labute approximate surface area is 58.9 Å². The van der Waals surface area contributed by atoms with Gasteiger partial charge in [-0.3, -0.25) is 9.98 Å². The summed E-state index contributed by atoms with van der Waals surface area (Å²) in [6.07, 6.45) is 9.19. The van der Waals surface area contributed by atoms with E-state index in [1.54, 1.807) is 18.6 Å². The number of rotatable bonds is 0. The molecule has 0 saturated carbocycles. The Bertz CT molecular complexity index is 248. The van der Waals surface area contributed by atoms with E-state index in [4.69, 9.17) is 0 Å². The highest BCUT2D eigenvalue weighted by Crippen LogP contribution is 2.02. The molecule has 1 atom stereocenters. The van der Waals surface area contributed by atoms with Gasteiger partial charge in [0, 0.05) is 18.6 Å². The quantitative estimate of drug-likeness (QED) is 0.512. The molecule has 2 rings (SSSR count). The number of dihydropyridines is 1. The molecule has 50 valence electrons. The summed E-state index contributed by atoms with van der Waals surface area (Å²) in [5.41, 5.74) is 0.977. The van der Waals surface area contributed by atoms with E-state index < -0.39 is 0 Å². The fourth-order valence-electron chi connectivity index (χ4n) is 0.944. The number of allylic oxidation sites excluding steroid dienone is 1. The molecular weight excluding hydrogens is 126 g/mol. The molecule has 0 fully saturated rings. The van der Waals surface area contributed by atoms with Crippen molar-refractivity contribution in [2.75, 3.05) is 0 Å². The van der Waals surface area contributed by atoms with Crippen LogP contribution in [-0.2, 0) is 0 Å². The summed E-state index contributed by atoms with van der Waals surface area (Å²) in [7, 11) is 0. The SMILES string of the molecule is C1=CC2=NC=CNC2N=C1. The zero-order chi connectivity index (χ0) is 6.81. The van der Waals surface area contributed by atoms with Gasteiger partial charge in [0.1, 0.15) is 0 Å². The van der Waals surface area contributed by atoms with Gasteiger partial charge in [0.15, 0.2) is 6.17 Å². The minimum absolute atomic E-state index is 0.0509. The lowest BCUT2D eigenvalue weighted by Crippen LogP contribution is -2.33. The van der Waals surface area contributed by atoms with E-state index in [1.165, 1.54) is 0 Å². The molecule has 0 aliphatic carbocycles. The van der Waals surface area contributed by atoms with Crippen LogP contribution < -0.4 is 5.32 Å². The number of hydrogen-bond donors (Lipinski definition) is 1. The van der Waals surface area contributed by atoms with Gasteiger partial charge in [-0.2, -0.15) is 0 Å². The van der Waals surface area contributed by atoms with Gasteiger partial charge in [-0.25, -0.2) is 0 Å². The molecule has 0 spiro atoms. The fraction of sp³-hybridized carbons (Fsp3) is 0.143.